The van der Waals surface area contributed by atoms with Crippen LogP contribution in [0, 0.1) is 0 Å². The molecule has 1 unspecified atom stereocenters. The van der Waals surface area contributed by atoms with E-state index in [0.717, 1.165) is 27.6 Å². The Morgan fingerprint density at radius 2 is 1.97 bits per heavy atom. The number of allylic oxidation sites excluding steroid dienone is 2. The monoisotopic (exact) mass is 440 g/mol. The summed E-state index contributed by atoms with van der Waals surface area (Å²) in [7, 11) is 1.63. The number of thioether (sulfide) groups is 1. The van der Waals surface area contributed by atoms with Crippen molar-refractivity contribution in [2.45, 2.75) is 30.8 Å². The van der Waals surface area contributed by atoms with Gasteiger partial charge in [0.2, 0.25) is 11.1 Å². The molecule has 0 aliphatic carbocycles. The summed E-state index contributed by atoms with van der Waals surface area (Å²) in [6.45, 7) is 3.47. The van der Waals surface area contributed by atoms with E-state index >= 15 is 0 Å². The normalized spacial score (nSPS) is 15.5. The number of aromatic nitrogens is 3. The molecule has 8 heteroatoms. The number of nitrogens with zero attached hydrogens (tertiary/aromatic N) is 3. The molecule has 1 atom stereocenters. The number of carbonyl (C=O) groups is 1. The highest BCUT2D eigenvalue weighted by Gasteiger charge is 2.32. The van der Waals surface area contributed by atoms with Gasteiger partial charge in [0.15, 0.2) is 5.78 Å². The molecule has 3 aromatic rings. The number of fused-ring (bicyclic) bond motifs is 1. The SMILES string of the molecule is COc1ccc(C2C(C(C)=O)=C(C)Nc3nc(SCc4ccccc4Cl)nn32)cc1. The molecular formula is C22H21ClN4O2S. The second-order valence-corrected chi connectivity index (χ2v) is 8.29. The first-order valence-corrected chi connectivity index (χ1v) is 10.8. The van der Waals surface area contributed by atoms with Crippen LogP contribution in [-0.4, -0.2) is 27.7 Å². The van der Waals surface area contributed by atoms with Gasteiger partial charge in [-0.15, -0.1) is 5.10 Å². The van der Waals surface area contributed by atoms with Gasteiger partial charge in [-0.1, -0.05) is 53.7 Å². The topological polar surface area (TPSA) is 69.0 Å². The van der Waals surface area contributed by atoms with E-state index in [1.807, 2.05) is 55.5 Å². The third-order valence-electron chi connectivity index (χ3n) is 4.96. The first kappa shape index (κ1) is 20.5. The smallest absolute Gasteiger partial charge is 0.227 e. The molecule has 0 saturated carbocycles. The summed E-state index contributed by atoms with van der Waals surface area (Å²) < 4.78 is 7.05. The lowest BCUT2D eigenvalue weighted by atomic mass is 9.93. The van der Waals surface area contributed by atoms with E-state index in [2.05, 4.69) is 10.3 Å². The molecule has 4 rings (SSSR count). The molecular weight excluding hydrogens is 420 g/mol. The number of Topliss-reactive ketones (excluding diaryl/α,β-unsaturated/α-hetero) is 1. The Balaban J connectivity index is 1.69. The highest BCUT2D eigenvalue weighted by Crippen LogP contribution is 2.37. The molecule has 2 heterocycles. The molecule has 2 aromatic carbocycles. The minimum Gasteiger partial charge on any atom is -0.497 e. The number of halogens is 1. The van der Waals surface area contributed by atoms with Crippen LogP contribution >= 0.6 is 23.4 Å². The lowest BCUT2D eigenvalue weighted by Gasteiger charge is -2.28. The molecule has 1 aliphatic heterocycles. The van der Waals surface area contributed by atoms with Crippen LogP contribution in [0.5, 0.6) is 5.75 Å². The van der Waals surface area contributed by atoms with Crippen LogP contribution in [0.15, 0.2) is 65.0 Å². The zero-order valence-corrected chi connectivity index (χ0v) is 18.4. The Morgan fingerprint density at radius 3 is 2.63 bits per heavy atom. The molecule has 1 aliphatic rings. The number of hydrogen-bond acceptors (Lipinski definition) is 6. The number of ether oxygens (including phenoxy) is 1. The van der Waals surface area contributed by atoms with Crippen LogP contribution in [0.3, 0.4) is 0 Å². The Morgan fingerprint density at radius 1 is 1.23 bits per heavy atom. The third kappa shape index (κ3) is 3.95. The highest BCUT2D eigenvalue weighted by atomic mass is 35.5. The first-order valence-electron chi connectivity index (χ1n) is 9.43. The van der Waals surface area contributed by atoms with Gasteiger partial charge in [-0.3, -0.25) is 4.79 Å². The Labute approximate surface area is 184 Å². The number of benzene rings is 2. The van der Waals surface area contributed by atoms with Crippen molar-refractivity contribution in [1.29, 1.82) is 0 Å². The van der Waals surface area contributed by atoms with Gasteiger partial charge in [0.1, 0.15) is 11.8 Å². The number of ketones is 1. The van der Waals surface area contributed by atoms with Gasteiger partial charge in [0.05, 0.1) is 7.11 Å². The van der Waals surface area contributed by atoms with Crippen molar-refractivity contribution in [3.8, 4) is 5.75 Å². The number of methoxy groups -OCH3 is 1. The molecule has 0 amide bonds. The lowest BCUT2D eigenvalue weighted by molar-refractivity contribution is -0.114. The summed E-state index contributed by atoms with van der Waals surface area (Å²) in [4.78, 5) is 17.1. The van der Waals surface area contributed by atoms with Gasteiger partial charge in [0, 0.05) is 22.0 Å². The molecule has 0 bridgehead atoms. The maximum absolute atomic E-state index is 12.5. The molecule has 30 heavy (non-hydrogen) atoms. The maximum atomic E-state index is 12.5. The maximum Gasteiger partial charge on any atom is 0.227 e. The summed E-state index contributed by atoms with van der Waals surface area (Å²) >= 11 is 7.77. The quantitative estimate of drug-likeness (QED) is 0.537. The van der Waals surface area contributed by atoms with Crippen molar-refractivity contribution in [2.24, 2.45) is 0 Å². The Bertz CT molecular complexity index is 1120. The van der Waals surface area contributed by atoms with Gasteiger partial charge >= 0.3 is 0 Å². The van der Waals surface area contributed by atoms with Crippen molar-refractivity contribution in [1.82, 2.24) is 14.8 Å². The number of carbonyl (C=O) groups excluding carboxylic acids is 1. The first-order chi connectivity index (χ1) is 14.5. The standard InChI is InChI=1S/C22H21ClN4O2S/c1-13-19(14(2)28)20(15-8-10-17(29-3)11-9-15)27-21(24-13)25-22(26-27)30-12-16-6-4-5-7-18(16)23/h4-11,20H,12H2,1-3H3,(H,24,25,26). The van der Waals surface area contributed by atoms with Crippen molar-refractivity contribution in [2.75, 3.05) is 12.4 Å². The van der Waals surface area contributed by atoms with Crippen molar-refractivity contribution < 1.29 is 9.53 Å². The molecule has 6 nitrogen and oxygen atoms in total. The fraction of sp³-hybridized carbons (Fsp3) is 0.227. The van der Waals surface area contributed by atoms with E-state index in [1.54, 1.807) is 18.7 Å². The summed E-state index contributed by atoms with van der Waals surface area (Å²) in [5.74, 6) is 2.02. The minimum absolute atomic E-state index is 0.00719. The fourth-order valence-electron chi connectivity index (χ4n) is 3.50. The third-order valence-corrected chi connectivity index (χ3v) is 6.21. The summed E-state index contributed by atoms with van der Waals surface area (Å²) in [5, 5.41) is 9.28. The van der Waals surface area contributed by atoms with Gasteiger partial charge < -0.3 is 10.1 Å². The van der Waals surface area contributed by atoms with Gasteiger partial charge in [0.25, 0.3) is 0 Å². The molecule has 0 saturated heterocycles. The summed E-state index contributed by atoms with van der Waals surface area (Å²) in [6.07, 6.45) is 0. The highest BCUT2D eigenvalue weighted by molar-refractivity contribution is 7.98. The van der Waals surface area contributed by atoms with Crippen LogP contribution in [0.25, 0.3) is 0 Å². The van der Waals surface area contributed by atoms with E-state index in [0.29, 0.717) is 22.4 Å². The van der Waals surface area contributed by atoms with E-state index in [4.69, 9.17) is 21.4 Å². The summed E-state index contributed by atoms with van der Waals surface area (Å²) in [5.41, 5.74) is 3.41. The van der Waals surface area contributed by atoms with Crippen LogP contribution in [-0.2, 0) is 10.5 Å². The van der Waals surface area contributed by atoms with E-state index in [-0.39, 0.29) is 11.8 Å². The molecule has 1 aromatic heterocycles. The predicted octanol–water partition coefficient (Wildman–Crippen LogP) is 5.11. The van der Waals surface area contributed by atoms with Crippen LogP contribution < -0.4 is 10.1 Å². The second-order valence-electron chi connectivity index (χ2n) is 6.94. The number of hydrogen-bond donors (Lipinski definition) is 1. The fourth-order valence-corrected chi connectivity index (χ4v) is 4.62. The number of anilines is 1. The molecule has 0 fully saturated rings. The number of rotatable bonds is 6. The summed E-state index contributed by atoms with van der Waals surface area (Å²) in [6, 6.07) is 15.0. The van der Waals surface area contributed by atoms with Crippen LogP contribution in [0.4, 0.5) is 5.95 Å². The average Bonchev–Trinajstić information content (AvgIpc) is 3.14. The minimum atomic E-state index is -0.355. The molecule has 1 N–H and O–H groups in total. The van der Waals surface area contributed by atoms with Gasteiger partial charge in [-0.05, 0) is 43.2 Å². The van der Waals surface area contributed by atoms with Crippen molar-refractivity contribution in [3.05, 3.63) is 76.0 Å². The lowest BCUT2D eigenvalue weighted by Crippen LogP contribution is -2.27. The van der Waals surface area contributed by atoms with Crippen molar-refractivity contribution in [3.63, 3.8) is 0 Å². The Kier molecular flexibility index (Phi) is 5.83. The predicted molar refractivity (Wildman–Crippen MR) is 119 cm³/mol. The van der Waals surface area contributed by atoms with Crippen molar-refractivity contribution >= 4 is 35.1 Å². The van der Waals surface area contributed by atoms with E-state index in [1.165, 1.54) is 11.8 Å². The van der Waals surface area contributed by atoms with Crippen LogP contribution in [0.1, 0.15) is 31.0 Å². The number of nitrogens with one attached hydrogen (secondary N) is 1. The molecule has 154 valence electrons. The van der Waals surface area contributed by atoms with E-state index < -0.39 is 0 Å². The Hall–Kier alpha value is -2.77. The van der Waals surface area contributed by atoms with E-state index in [9.17, 15) is 4.79 Å². The largest absolute Gasteiger partial charge is 0.497 e. The average molecular weight is 441 g/mol. The van der Waals surface area contributed by atoms with Gasteiger partial charge in [-0.2, -0.15) is 4.98 Å². The zero-order chi connectivity index (χ0) is 21.3. The van der Waals surface area contributed by atoms with Crippen LogP contribution in [0.2, 0.25) is 5.02 Å². The van der Waals surface area contributed by atoms with Gasteiger partial charge in [-0.25, -0.2) is 4.68 Å². The second kappa shape index (κ2) is 8.53. The molecule has 0 spiro atoms. The zero-order valence-electron chi connectivity index (χ0n) is 16.8. The molecule has 0 radical (unpaired) electrons.